The molecule has 1 aliphatic heterocycles. The maximum absolute atomic E-state index is 12.7. The number of carboxylic acids is 1. The number of aryl methyl sites for hydroxylation is 1. The minimum absolute atomic E-state index is 0.216. The number of carbonyl (C=O) groups is 2. The van der Waals surface area contributed by atoms with Crippen LogP contribution < -0.4 is 0 Å². The van der Waals surface area contributed by atoms with E-state index in [0.717, 1.165) is 29.1 Å². The number of aromatic nitrogens is 1. The van der Waals surface area contributed by atoms with E-state index in [1.165, 1.54) is 16.2 Å². The molecule has 1 N–H and O–H groups in total. The summed E-state index contributed by atoms with van der Waals surface area (Å²) < 4.78 is 0. The average Bonchev–Trinajstić information content (AvgIpc) is 3.01. The smallest absolute Gasteiger partial charge is 0.326 e. The lowest BCUT2D eigenvalue weighted by molar-refractivity contribution is -0.143. The predicted octanol–water partition coefficient (Wildman–Crippen LogP) is 3.20. The molecule has 23 heavy (non-hydrogen) atoms. The molecule has 3 rings (SSSR count). The van der Waals surface area contributed by atoms with Gasteiger partial charge in [-0.25, -0.2) is 9.78 Å². The molecule has 5 nitrogen and oxygen atoms in total. The number of thiazole rings is 1. The van der Waals surface area contributed by atoms with Gasteiger partial charge in [0.05, 0.1) is 0 Å². The molecule has 0 aliphatic carbocycles. The molecule has 2 heterocycles. The van der Waals surface area contributed by atoms with Gasteiger partial charge < -0.3 is 10.0 Å². The van der Waals surface area contributed by atoms with Crippen molar-refractivity contribution in [2.45, 2.75) is 32.2 Å². The van der Waals surface area contributed by atoms with Gasteiger partial charge in [-0.2, -0.15) is 0 Å². The van der Waals surface area contributed by atoms with Crippen molar-refractivity contribution in [3.05, 3.63) is 40.9 Å². The van der Waals surface area contributed by atoms with Crippen LogP contribution in [0.3, 0.4) is 0 Å². The molecule has 0 radical (unpaired) electrons. The molecule has 1 aliphatic rings. The fourth-order valence-corrected chi connectivity index (χ4v) is 3.66. The lowest BCUT2D eigenvalue weighted by atomic mass is 10.0. The predicted molar refractivity (Wildman–Crippen MR) is 88.6 cm³/mol. The summed E-state index contributed by atoms with van der Waals surface area (Å²) in [6.45, 7) is 2.43. The molecule has 2 aromatic rings. The van der Waals surface area contributed by atoms with Crippen molar-refractivity contribution in [1.29, 1.82) is 0 Å². The zero-order valence-electron chi connectivity index (χ0n) is 12.9. The topological polar surface area (TPSA) is 70.5 Å². The summed E-state index contributed by atoms with van der Waals surface area (Å²) in [5.74, 6) is -1.14. The molecule has 1 aromatic heterocycles. The Morgan fingerprint density at radius 1 is 1.35 bits per heavy atom. The van der Waals surface area contributed by atoms with Gasteiger partial charge in [-0.05, 0) is 38.3 Å². The number of nitrogens with zero attached hydrogens (tertiary/aromatic N) is 2. The van der Waals surface area contributed by atoms with Crippen LogP contribution in [0, 0.1) is 6.92 Å². The van der Waals surface area contributed by atoms with E-state index in [9.17, 15) is 14.7 Å². The molecule has 120 valence electrons. The number of amides is 1. The zero-order valence-corrected chi connectivity index (χ0v) is 13.7. The SMILES string of the molecule is Cc1csc(-c2cccc(C(=O)N3CCCC[C@@H]3C(=O)O)c2)n1. The van der Waals surface area contributed by atoms with E-state index >= 15 is 0 Å². The summed E-state index contributed by atoms with van der Waals surface area (Å²) in [7, 11) is 0. The van der Waals surface area contributed by atoms with Crippen LogP contribution in [0.1, 0.15) is 35.3 Å². The molecule has 0 unspecified atom stereocenters. The van der Waals surface area contributed by atoms with E-state index in [2.05, 4.69) is 4.98 Å². The van der Waals surface area contributed by atoms with Gasteiger partial charge in [0.15, 0.2) is 0 Å². The molecule has 0 bridgehead atoms. The molecule has 1 aromatic carbocycles. The number of carboxylic acid groups (broad SMARTS) is 1. The summed E-state index contributed by atoms with van der Waals surface area (Å²) in [6.07, 6.45) is 2.21. The highest BCUT2D eigenvalue weighted by molar-refractivity contribution is 7.13. The van der Waals surface area contributed by atoms with Gasteiger partial charge in [0.2, 0.25) is 0 Å². The first-order valence-corrected chi connectivity index (χ1v) is 8.50. The first kappa shape index (κ1) is 15.7. The lowest BCUT2D eigenvalue weighted by Crippen LogP contribution is -2.47. The molecule has 1 saturated heterocycles. The van der Waals surface area contributed by atoms with Gasteiger partial charge in [-0.3, -0.25) is 4.79 Å². The van der Waals surface area contributed by atoms with E-state index in [1.807, 2.05) is 24.4 Å². The standard InChI is InChI=1S/C17H18N2O3S/c1-11-10-23-15(18-11)12-5-4-6-13(9-12)16(20)19-8-3-2-7-14(19)17(21)22/h4-6,9-10,14H,2-3,7-8H2,1H3,(H,21,22)/t14-/m1/s1. The van der Waals surface area contributed by atoms with Crippen LogP contribution in [-0.4, -0.2) is 39.5 Å². The second-order valence-corrected chi connectivity index (χ2v) is 6.58. The number of likely N-dealkylation sites (tertiary alicyclic amines) is 1. The second-order valence-electron chi connectivity index (χ2n) is 5.72. The Kier molecular flexibility index (Phi) is 4.43. The minimum Gasteiger partial charge on any atom is -0.480 e. The highest BCUT2D eigenvalue weighted by Crippen LogP contribution is 2.26. The Bertz CT molecular complexity index is 741. The van der Waals surface area contributed by atoms with E-state index in [0.29, 0.717) is 18.5 Å². The van der Waals surface area contributed by atoms with E-state index < -0.39 is 12.0 Å². The van der Waals surface area contributed by atoms with Crippen molar-refractivity contribution in [2.75, 3.05) is 6.54 Å². The average molecular weight is 330 g/mol. The molecule has 1 amide bonds. The lowest BCUT2D eigenvalue weighted by Gasteiger charge is -2.33. The van der Waals surface area contributed by atoms with E-state index in [-0.39, 0.29) is 5.91 Å². The molecule has 0 spiro atoms. The van der Waals surface area contributed by atoms with Gasteiger partial charge in [0.1, 0.15) is 11.0 Å². The van der Waals surface area contributed by atoms with E-state index in [1.54, 1.807) is 12.1 Å². The van der Waals surface area contributed by atoms with Crippen LogP contribution in [0.5, 0.6) is 0 Å². The van der Waals surface area contributed by atoms with Crippen molar-refractivity contribution < 1.29 is 14.7 Å². The van der Waals surface area contributed by atoms with Crippen LogP contribution in [0.2, 0.25) is 0 Å². The van der Waals surface area contributed by atoms with Crippen LogP contribution in [0.25, 0.3) is 10.6 Å². The molecule has 0 saturated carbocycles. The maximum atomic E-state index is 12.7. The van der Waals surface area contributed by atoms with E-state index in [4.69, 9.17) is 0 Å². The molecule has 1 atom stereocenters. The maximum Gasteiger partial charge on any atom is 0.326 e. The number of benzene rings is 1. The largest absolute Gasteiger partial charge is 0.480 e. The Hall–Kier alpha value is -2.21. The van der Waals surface area contributed by atoms with Gasteiger partial charge >= 0.3 is 5.97 Å². The fraction of sp³-hybridized carbons (Fsp3) is 0.353. The highest BCUT2D eigenvalue weighted by atomic mass is 32.1. The third-order valence-corrected chi connectivity index (χ3v) is 5.03. The van der Waals surface area contributed by atoms with Gasteiger partial charge in [0.25, 0.3) is 5.91 Å². The number of rotatable bonds is 3. The third-order valence-electron chi connectivity index (χ3n) is 4.02. The minimum atomic E-state index is -0.926. The number of hydrogen-bond donors (Lipinski definition) is 1. The Morgan fingerprint density at radius 2 is 2.17 bits per heavy atom. The van der Waals surface area contributed by atoms with Crippen molar-refractivity contribution in [1.82, 2.24) is 9.88 Å². The first-order chi connectivity index (χ1) is 11.1. The normalized spacial score (nSPS) is 18.0. The Labute approximate surface area is 138 Å². The summed E-state index contributed by atoms with van der Waals surface area (Å²) >= 11 is 1.53. The van der Waals surface area contributed by atoms with Crippen LogP contribution in [0.4, 0.5) is 0 Å². The number of aliphatic carboxylic acids is 1. The summed E-state index contributed by atoms with van der Waals surface area (Å²) in [5, 5.41) is 12.2. The van der Waals surface area contributed by atoms with Gasteiger partial charge in [-0.1, -0.05) is 12.1 Å². The highest BCUT2D eigenvalue weighted by Gasteiger charge is 2.32. The van der Waals surface area contributed by atoms with Crippen molar-refractivity contribution in [3.8, 4) is 10.6 Å². The molecule has 1 fully saturated rings. The second kappa shape index (κ2) is 6.50. The van der Waals surface area contributed by atoms with Crippen LogP contribution in [0.15, 0.2) is 29.6 Å². The van der Waals surface area contributed by atoms with Crippen molar-refractivity contribution >= 4 is 23.2 Å². The zero-order chi connectivity index (χ0) is 16.4. The third kappa shape index (κ3) is 3.27. The summed E-state index contributed by atoms with van der Waals surface area (Å²) in [4.78, 5) is 30.1. The van der Waals surface area contributed by atoms with Crippen LogP contribution >= 0.6 is 11.3 Å². The number of carbonyl (C=O) groups excluding carboxylic acids is 1. The van der Waals surface area contributed by atoms with Crippen molar-refractivity contribution in [3.63, 3.8) is 0 Å². The van der Waals surface area contributed by atoms with Gasteiger partial charge in [-0.15, -0.1) is 11.3 Å². The first-order valence-electron chi connectivity index (χ1n) is 7.62. The fourth-order valence-electron chi connectivity index (χ4n) is 2.87. The van der Waals surface area contributed by atoms with Crippen LogP contribution in [-0.2, 0) is 4.79 Å². The van der Waals surface area contributed by atoms with Gasteiger partial charge in [0, 0.05) is 28.7 Å². The summed E-state index contributed by atoms with van der Waals surface area (Å²) in [6, 6.07) is 6.55. The Balaban J connectivity index is 1.88. The quantitative estimate of drug-likeness (QED) is 0.938. The molecular formula is C17H18N2O3S. The monoisotopic (exact) mass is 330 g/mol. The molecular weight excluding hydrogens is 312 g/mol. The number of hydrogen-bond acceptors (Lipinski definition) is 4. The Morgan fingerprint density at radius 3 is 2.87 bits per heavy atom. The van der Waals surface area contributed by atoms with Crippen molar-refractivity contribution in [2.24, 2.45) is 0 Å². The summed E-state index contributed by atoms with van der Waals surface area (Å²) in [5.41, 5.74) is 2.35. The number of piperidine rings is 1. The molecule has 6 heteroatoms.